The van der Waals surface area contributed by atoms with E-state index in [2.05, 4.69) is 26.2 Å². The molecule has 1 aliphatic heterocycles. The molecule has 4 rings (SSSR count). The van der Waals surface area contributed by atoms with E-state index in [0.29, 0.717) is 22.6 Å². The van der Waals surface area contributed by atoms with E-state index in [-0.39, 0.29) is 17.2 Å². The lowest BCUT2D eigenvalue weighted by Crippen LogP contribution is -2.30. The molecule has 1 aromatic heterocycles. The van der Waals surface area contributed by atoms with Crippen molar-refractivity contribution >= 4 is 50.7 Å². The standard InChI is InChI=1S/C25H20BrN3O4/c1-14-12-16(9-10-19(14)26)23(31)21-22(20-8-3-4-11-27-20)29(25(33)24(21)32)18-7-5-6-17(13-18)28-15(2)30/h3-13,22,31H,1-2H3,(H,28,30)/b23-21+. The topological polar surface area (TPSA) is 99.6 Å². The highest BCUT2D eigenvalue weighted by Crippen LogP contribution is 2.42. The van der Waals surface area contributed by atoms with Crippen molar-refractivity contribution in [1.29, 1.82) is 0 Å². The molecule has 0 radical (unpaired) electrons. The maximum atomic E-state index is 13.2. The number of ketones is 1. The number of anilines is 2. The first-order valence-corrected chi connectivity index (χ1v) is 10.9. The molecule has 0 saturated carbocycles. The zero-order chi connectivity index (χ0) is 23.7. The summed E-state index contributed by atoms with van der Waals surface area (Å²) in [5.74, 6) is -2.14. The van der Waals surface area contributed by atoms with Crippen LogP contribution in [0.15, 0.2) is 76.9 Å². The summed E-state index contributed by atoms with van der Waals surface area (Å²) in [7, 11) is 0. The number of aromatic nitrogens is 1. The average Bonchev–Trinajstić information content (AvgIpc) is 3.06. The molecule has 2 aromatic carbocycles. The van der Waals surface area contributed by atoms with Crippen LogP contribution in [-0.4, -0.2) is 27.7 Å². The molecule has 2 amide bonds. The predicted octanol–water partition coefficient (Wildman–Crippen LogP) is 4.74. The highest BCUT2D eigenvalue weighted by Gasteiger charge is 2.47. The van der Waals surface area contributed by atoms with Crippen molar-refractivity contribution in [1.82, 2.24) is 4.98 Å². The Labute approximate surface area is 198 Å². The quantitative estimate of drug-likeness (QED) is 0.303. The van der Waals surface area contributed by atoms with Gasteiger partial charge in [-0.25, -0.2) is 0 Å². The molecule has 1 saturated heterocycles. The number of amides is 2. The fourth-order valence-electron chi connectivity index (χ4n) is 3.80. The van der Waals surface area contributed by atoms with E-state index in [1.807, 2.05) is 6.92 Å². The summed E-state index contributed by atoms with van der Waals surface area (Å²) in [4.78, 5) is 43.5. The summed E-state index contributed by atoms with van der Waals surface area (Å²) in [5.41, 5.74) is 2.53. The van der Waals surface area contributed by atoms with Gasteiger partial charge in [-0.15, -0.1) is 0 Å². The first kappa shape index (κ1) is 22.4. The molecule has 2 N–H and O–H groups in total. The van der Waals surface area contributed by atoms with Gasteiger partial charge in [-0.05, 0) is 55.0 Å². The number of rotatable bonds is 4. The second-order valence-electron chi connectivity index (χ2n) is 7.62. The SMILES string of the molecule is CC(=O)Nc1cccc(N2C(=O)C(=O)/C(=C(/O)c3ccc(Br)c(C)c3)C2c2ccccn2)c1. The van der Waals surface area contributed by atoms with Gasteiger partial charge in [-0.1, -0.05) is 34.1 Å². The van der Waals surface area contributed by atoms with Crippen LogP contribution in [0, 0.1) is 6.92 Å². The number of aliphatic hydroxyl groups excluding tert-OH is 1. The van der Waals surface area contributed by atoms with Crippen molar-refractivity contribution in [2.45, 2.75) is 19.9 Å². The number of nitrogens with zero attached hydrogens (tertiary/aromatic N) is 2. The van der Waals surface area contributed by atoms with Crippen molar-refractivity contribution in [2.75, 3.05) is 10.2 Å². The predicted molar refractivity (Wildman–Crippen MR) is 129 cm³/mol. The van der Waals surface area contributed by atoms with E-state index < -0.39 is 17.7 Å². The van der Waals surface area contributed by atoms with E-state index in [0.717, 1.165) is 10.0 Å². The third-order valence-electron chi connectivity index (χ3n) is 5.29. The highest BCUT2D eigenvalue weighted by molar-refractivity contribution is 9.10. The number of aliphatic hydroxyl groups is 1. The summed E-state index contributed by atoms with van der Waals surface area (Å²) in [5, 5.41) is 13.9. The summed E-state index contributed by atoms with van der Waals surface area (Å²) in [6, 6.07) is 16.0. The van der Waals surface area contributed by atoms with Crippen molar-refractivity contribution in [3.05, 3.63) is 93.7 Å². The van der Waals surface area contributed by atoms with Crippen LogP contribution in [0.3, 0.4) is 0 Å². The number of carbonyl (C=O) groups is 3. The molecule has 2 heterocycles. The summed E-state index contributed by atoms with van der Waals surface area (Å²) in [6.45, 7) is 3.25. The molecule has 1 aliphatic rings. The van der Waals surface area contributed by atoms with Gasteiger partial charge >= 0.3 is 0 Å². The Kier molecular flexibility index (Phi) is 6.11. The Balaban J connectivity index is 1.91. The van der Waals surface area contributed by atoms with Crippen LogP contribution in [0.5, 0.6) is 0 Å². The van der Waals surface area contributed by atoms with Gasteiger partial charge in [0.05, 0.1) is 11.3 Å². The van der Waals surface area contributed by atoms with E-state index in [1.165, 1.54) is 11.8 Å². The van der Waals surface area contributed by atoms with Crippen LogP contribution in [0.4, 0.5) is 11.4 Å². The van der Waals surface area contributed by atoms with Crippen LogP contribution in [0.25, 0.3) is 5.76 Å². The number of aryl methyl sites for hydroxylation is 1. The molecule has 7 nitrogen and oxygen atoms in total. The Morgan fingerprint density at radius 2 is 1.88 bits per heavy atom. The summed E-state index contributed by atoms with van der Waals surface area (Å²) < 4.78 is 0.857. The summed E-state index contributed by atoms with van der Waals surface area (Å²) in [6.07, 6.45) is 1.56. The second-order valence-corrected chi connectivity index (χ2v) is 8.47. The van der Waals surface area contributed by atoms with Crippen LogP contribution in [0.2, 0.25) is 0 Å². The van der Waals surface area contributed by atoms with Crippen LogP contribution >= 0.6 is 15.9 Å². The number of benzene rings is 2. The van der Waals surface area contributed by atoms with Crippen molar-refractivity contribution in [2.24, 2.45) is 0 Å². The van der Waals surface area contributed by atoms with Gasteiger partial charge in [0.25, 0.3) is 11.7 Å². The molecule has 0 aliphatic carbocycles. The molecule has 33 heavy (non-hydrogen) atoms. The lowest BCUT2D eigenvalue weighted by Gasteiger charge is -2.25. The maximum absolute atomic E-state index is 13.2. The molecule has 1 unspecified atom stereocenters. The third kappa shape index (κ3) is 4.29. The maximum Gasteiger partial charge on any atom is 0.300 e. The zero-order valence-electron chi connectivity index (χ0n) is 17.9. The molecule has 8 heteroatoms. The molecule has 166 valence electrons. The van der Waals surface area contributed by atoms with Gasteiger partial charge in [0, 0.05) is 34.5 Å². The van der Waals surface area contributed by atoms with Crippen molar-refractivity contribution in [3.8, 4) is 0 Å². The molecule has 0 bridgehead atoms. The summed E-state index contributed by atoms with van der Waals surface area (Å²) >= 11 is 3.43. The number of hydrogen-bond acceptors (Lipinski definition) is 5. The average molecular weight is 506 g/mol. The molecule has 1 fully saturated rings. The monoisotopic (exact) mass is 505 g/mol. The lowest BCUT2D eigenvalue weighted by molar-refractivity contribution is -0.132. The zero-order valence-corrected chi connectivity index (χ0v) is 19.5. The molecule has 1 atom stereocenters. The number of hydrogen-bond donors (Lipinski definition) is 2. The third-order valence-corrected chi connectivity index (χ3v) is 6.18. The first-order chi connectivity index (χ1) is 15.8. The van der Waals surface area contributed by atoms with Gasteiger partial charge in [-0.2, -0.15) is 0 Å². The van der Waals surface area contributed by atoms with Crippen LogP contribution in [0.1, 0.15) is 29.8 Å². The van der Waals surface area contributed by atoms with Gasteiger partial charge in [0.15, 0.2) is 0 Å². The molecule has 3 aromatic rings. The fourth-order valence-corrected chi connectivity index (χ4v) is 4.05. The van der Waals surface area contributed by atoms with Gasteiger partial charge in [0.2, 0.25) is 5.91 Å². The number of Topliss-reactive ketones (excluding diaryl/α,β-unsaturated/α-hetero) is 1. The van der Waals surface area contributed by atoms with Crippen LogP contribution in [-0.2, 0) is 14.4 Å². The van der Waals surface area contributed by atoms with Crippen LogP contribution < -0.4 is 10.2 Å². The van der Waals surface area contributed by atoms with E-state index in [4.69, 9.17) is 0 Å². The number of pyridine rings is 1. The Hall–Kier alpha value is -3.78. The minimum atomic E-state index is -0.942. The molecular formula is C25H20BrN3O4. The Morgan fingerprint density at radius 3 is 2.55 bits per heavy atom. The fraction of sp³-hybridized carbons (Fsp3) is 0.120. The van der Waals surface area contributed by atoms with Crippen molar-refractivity contribution < 1.29 is 19.5 Å². The van der Waals surface area contributed by atoms with Gasteiger partial charge < -0.3 is 10.4 Å². The normalized spacial score (nSPS) is 17.3. The largest absolute Gasteiger partial charge is 0.507 e. The molecule has 0 spiro atoms. The van der Waals surface area contributed by atoms with E-state index >= 15 is 0 Å². The minimum Gasteiger partial charge on any atom is -0.507 e. The molecular weight excluding hydrogens is 486 g/mol. The minimum absolute atomic E-state index is 0.0506. The first-order valence-electron chi connectivity index (χ1n) is 10.1. The second kappa shape index (κ2) is 8.99. The van der Waals surface area contributed by atoms with E-state index in [1.54, 1.807) is 66.9 Å². The van der Waals surface area contributed by atoms with Gasteiger partial charge in [-0.3, -0.25) is 24.3 Å². The lowest BCUT2D eigenvalue weighted by atomic mass is 9.97. The number of halogens is 1. The number of carbonyl (C=O) groups excluding carboxylic acids is 3. The van der Waals surface area contributed by atoms with E-state index in [9.17, 15) is 19.5 Å². The number of nitrogens with one attached hydrogen (secondary N) is 1. The Bertz CT molecular complexity index is 1300. The van der Waals surface area contributed by atoms with Crippen molar-refractivity contribution in [3.63, 3.8) is 0 Å². The smallest absolute Gasteiger partial charge is 0.300 e. The van der Waals surface area contributed by atoms with Gasteiger partial charge in [0.1, 0.15) is 11.8 Å². The highest BCUT2D eigenvalue weighted by atomic mass is 79.9. The Morgan fingerprint density at radius 1 is 1.09 bits per heavy atom.